The van der Waals surface area contributed by atoms with Gasteiger partial charge in [-0.2, -0.15) is 0 Å². The molecule has 0 radical (unpaired) electrons. The summed E-state index contributed by atoms with van der Waals surface area (Å²) in [7, 11) is 0. The number of anilines is 1. The van der Waals surface area contributed by atoms with Gasteiger partial charge in [0.05, 0.1) is 5.25 Å². The summed E-state index contributed by atoms with van der Waals surface area (Å²) in [5.74, 6) is 0.373. The summed E-state index contributed by atoms with van der Waals surface area (Å²) in [4.78, 5) is 23.7. The maximum Gasteiger partial charge on any atom is 0.237 e. The molecule has 0 saturated heterocycles. The molecule has 138 valence electrons. The quantitative estimate of drug-likeness (QED) is 0.658. The van der Waals surface area contributed by atoms with Crippen molar-refractivity contribution in [1.29, 1.82) is 0 Å². The van der Waals surface area contributed by atoms with Crippen LogP contribution in [-0.2, 0) is 16.0 Å². The summed E-state index contributed by atoms with van der Waals surface area (Å²) in [6.45, 7) is 1.98. The first-order chi connectivity index (χ1) is 12.6. The molecule has 0 aliphatic heterocycles. The molecule has 1 fully saturated rings. The minimum absolute atomic E-state index is 0.0484. The number of nitrogens with two attached hydrogens (primary N) is 1. The summed E-state index contributed by atoms with van der Waals surface area (Å²) in [5, 5.41) is 11.9. The van der Waals surface area contributed by atoms with E-state index in [1.54, 1.807) is 0 Å². The zero-order chi connectivity index (χ0) is 18.5. The van der Waals surface area contributed by atoms with Gasteiger partial charge < -0.3 is 15.6 Å². The first kappa shape index (κ1) is 18.4. The Morgan fingerprint density at radius 3 is 2.65 bits per heavy atom. The van der Waals surface area contributed by atoms with E-state index in [9.17, 15) is 9.59 Å². The first-order valence-corrected chi connectivity index (χ1v) is 9.71. The number of para-hydroxylation sites is 1. The number of aromatic nitrogens is 3. The number of hydrogen-bond acceptors (Lipinski definition) is 5. The normalized spacial score (nSPS) is 14.8. The number of carbonyl (C=O) groups excluding carboxylic acids is 2. The Hall–Kier alpha value is -2.35. The minimum Gasteiger partial charge on any atom is -0.370 e. The number of rotatable bonds is 9. The average molecular weight is 373 g/mol. The van der Waals surface area contributed by atoms with Gasteiger partial charge in [0, 0.05) is 24.6 Å². The van der Waals surface area contributed by atoms with E-state index >= 15 is 0 Å². The second-order valence-electron chi connectivity index (χ2n) is 6.34. The van der Waals surface area contributed by atoms with Gasteiger partial charge >= 0.3 is 0 Å². The molecule has 2 aromatic rings. The van der Waals surface area contributed by atoms with Crippen LogP contribution < -0.4 is 11.1 Å². The molecule has 0 spiro atoms. The Labute approximate surface area is 156 Å². The lowest BCUT2D eigenvalue weighted by Gasteiger charge is -2.15. The van der Waals surface area contributed by atoms with Gasteiger partial charge in [0.1, 0.15) is 5.82 Å². The van der Waals surface area contributed by atoms with Crippen LogP contribution in [0.5, 0.6) is 0 Å². The van der Waals surface area contributed by atoms with Crippen molar-refractivity contribution in [2.45, 2.75) is 55.5 Å². The van der Waals surface area contributed by atoms with Gasteiger partial charge in [-0.3, -0.25) is 9.59 Å². The Balaban J connectivity index is 1.71. The number of hydrogen-bond donors (Lipinski definition) is 2. The number of carbonyl (C=O) groups is 2. The van der Waals surface area contributed by atoms with E-state index in [-0.39, 0.29) is 23.5 Å². The average Bonchev–Trinajstić information content (AvgIpc) is 3.39. The van der Waals surface area contributed by atoms with Crippen LogP contribution in [0.4, 0.5) is 5.69 Å². The highest BCUT2D eigenvalue weighted by molar-refractivity contribution is 8.00. The van der Waals surface area contributed by atoms with Crippen molar-refractivity contribution in [2.24, 2.45) is 5.73 Å². The molecule has 8 heteroatoms. The Morgan fingerprint density at radius 1 is 1.31 bits per heavy atom. The lowest BCUT2D eigenvalue weighted by atomic mass is 10.3. The monoisotopic (exact) mass is 373 g/mol. The molecule has 7 nitrogen and oxygen atoms in total. The molecular weight excluding hydrogens is 350 g/mol. The Bertz CT molecular complexity index is 773. The van der Waals surface area contributed by atoms with E-state index in [2.05, 4.69) is 20.1 Å². The van der Waals surface area contributed by atoms with Crippen molar-refractivity contribution < 1.29 is 9.59 Å². The van der Waals surface area contributed by atoms with E-state index in [1.807, 2.05) is 37.3 Å². The summed E-state index contributed by atoms with van der Waals surface area (Å²) in [6, 6.07) is 9.78. The lowest BCUT2D eigenvalue weighted by molar-refractivity contribution is -0.118. The third-order valence-electron chi connectivity index (χ3n) is 4.19. The van der Waals surface area contributed by atoms with Crippen LogP contribution in [0.25, 0.3) is 0 Å². The van der Waals surface area contributed by atoms with Gasteiger partial charge in [-0.15, -0.1) is 10.2 Å². The standard InChI is InChI=1S/C18H23N5O2S/c1-2-14(17(25)20-12-6-4-3-5-7-12)26-18-22-21-16(11-10-15(19)24)23(18)13-8-9-13/h3-7,13-14H,2,8-11H2,1H3,(H2,19,24)(H,20,25). The van der Waals surface area contributed by atoms with Gasteiger partial charge in [0.2, 0.25) is 11.8 Å². The van der Waals surface area contributed by atoms with Crippen LogP contribution in [0.1, 0.15) is 44.5 Å². The smallest absolute Gasteiger partial charge is 0.237 e. The fraction of sp³-hybridized carbons (Fsp3) is 0.444. The molecular formula is C18H23N5O2S. The molecule has 1 aromatic carbocycles. The molecule has 1 aliphatic rings. The molecule has 3 rings (SSSR count). The second kappa shape index (κ2) is 8.35. The van der Waals surface area contributed by atoms with Crippen LogP contribution in [0.3, 0.4) is 0 Å². The summed E-state index contributed by atoms with van der Waals surface area (Å²) in [6.07, 6.45) is 3.55. The van der Waals surface area contributed by atoms with Gasteiger partial charge in [-0.25, -0.2) is 0 Å². The highest BCUT2D eigenvalue weighted by atomic mass is 32.2. The van der Waals surface area contributed by atoms with Crippen LogP contribution in [0.2, 0.25) is 0 Å². The van der Waals surface area contributed by atoms with E-state index in [0.717, 1.165) is 29.5 Å². The van der Waals surface area contributed by atoms with Crippen LogP contribution >= 0.6 is 11.8 Å². The van der Waals surface area contributed by atoms with Crippen LogP contribution in [-0.4, -0.2) is 31.8 Å². The second-order valence-corrected chi connectivity index (χ2v) is 7.51. The van der Waals surface area contributed by atoms with E-state index in [0.29, 0.717) is 18.9 Å². The number of primary amides is 1. The SMILES string of the molecule is CCC(Sc1nnc(CCC(N)=O)n1C1CC1)C(=O)Nc1ccccc1. The fourth-order valence-corrected chi connectivity index (χ4v) is 3.73. The Kier molecular flexibility index (Phi) is 5.92. The lowest BCUT2D eigenvalue weighted by Crippen LogP contribution is -2.25. The molecule has 1 aliphatic carbocycles. The molecule has 1 atom stereocenters. The largest absolute Gasteiger partial charge is 0.370 e. The third-order valence-corrected chi connectivity index (χ3v) is 5.52. The number of aryl methyl sites for hydroxylation is 1. The molecule has 0 bridgehead atoms. The van der Waals surface area contributed by atoms with Crippen LogP contribution in [0.15, 0.2) is 35.5 Å². The maximum atomic E-state index is 12.6. The molecule has 1 aromatic heterocycles. The minimum atomic E-state index is -0.349. The zero-order valence-electron chi connectivity index (χ0n) is 14.7. The number of amides is 2. The summed E-state index contributed by atoms with van der Waals surface area (Å²) in [5.41, 5.74) is 6.03. The molecule has 26 heavy (non-hydrogen) atoms. The van der Waals surface area contributed by atoms with E-state index in [1.165, 1.54) is 11.8 Å². The zero-order valence-corrected chi connectivity index (χ0v) is 15.5. The third kappa shape index (κ3) is 4.63. The Morgan fingerprint density at radius 2 is 2.04 bits per heavy atom. The molecule has 1 saturated carbocycles. The first-order valence-electron chi connectivity index (χ1n) is 8.83. The van der Waals surface area contributed by atoms with E-state index in [4.69, 9.17) is 5.73 Å². The van der Waals surface area contributed by atoms with Gasteiger partial charge in [0.25, 0.3) is 0 Å². The van der Waals surface area contributed by atoms with Crippen molar-refractivity contribution in [3.8, 4) is 0 Å². The molecule has 1 unspecified atom stereocenters. The maximum absolute atomic E-state index is 12.6. The molecule has 2 amide bonds. The van der Waals surface area contributed by atoms with Crippen LogP contribution in [0, 0.1) is 0 Å². The predicted molar refractivity (Wildman–Crippen MR) is 101 cm³/mol. The fourth-order valence-electron chi connectivity index (χ4n) is 2.69. The van der Waals surface area contributed by atoms with Crippen molar-refractivity contribution >= 4 is 29.3 Å². The predicted octanol–water partition coefficient (Wildman–Crippen LogP) is 2.54. The molecule has 1 heterocycles. The number of benzene rings is 1. The topological polar surface area (TPSA) is 103 Å². The van der Waals surface area contributed by atoms with Crippen molar-refractivity contribution in [2.75, 3.05) is 5.32 Å². The molecule has 3 N–H and O–H groups in total. The van der Waals surface area contributed by atoms with Crippen molar-refractivity contribution in [1.82, 2.24) is 14.8 Å². The number of nitrogens with one attached hydrogen (secondary N) is 1. The summed E-state index contributed by atoms with van der Waals surface area (Å²) < 4.78 is 2.08. The number of thioether (sulfide) groups is 1. The van der Waals surface area contributed by atoms with Crippen molar-refractivity contribution in [3.63, 3.8) is 0 Å². The highest BCUT2D eigenvalue weighted by Gasteiger charge is 2.31. The number of nitrogens with zero attached hydrogens (tertiary/aromatic N) is 3. The van der Waals surface area contributed by atoms with Gasteiger partial charge in [0.15, 0.2) is 5.16 Å². The van der Waals surface area contributed by atoms with Gasteiger partial charge in [-0.05, 0) is 31.4 Å². The van der Waals surface area contributed by atoms with Crippen molar-refractivity contribution in [3.05, 3.63) is 36.2 Å². The summed E-state index contributed by atoms with van der Waals surface area (Å²) >= 11 is 1.43. The van der Waals surface area contributed by atoms with Gasteiger partial charge in [-0.1, -0.05) is 36.9 Å². The van der Waals surface area contributed by atoms with E-state index < -0.39 is 0 Å². The highest BCUT2D eigenvalue weighted by Crippen LogP contribution is 2.40.